The van der Waals surface area contributed by atoms with Crippen LogP contribution in [-0.2, 0) is 24.1 Å². The monoisotopic (exact) mass is 445 g/mol. The third kappa shape index (κ3) is 3.63. The predicted molar refractivity (Wildman–Crippen MR) is 118 cm³/mol. The topological polar surface area (TPSA) is 110 Å². The van der Waals surface area contributed by atoms with Crippen LogP contribution in [-0.4, -0.2) is 44.9 Å². The van der Waals surface area contributed by atoms with Crippen molar-refractivity contribution in [3.05, 3.63) is 56.5 Å². The lowest BCUT2D eigenvalue weighted by molar-refractivity contribution is 0.314. The number of aromatic nitrogens is 4. The molecule has 10 heteroatoms. The second-order valence-corrected chi connectivity index (χ2v) is 10.4. The summed E-state index contributed by atoms with van der Waals surface area (Å²) in [5.41, 5.74) is 0.869. The van der Waals surface area contributed by atoms with Gasteiger partial charge in [0.2, 0.25) is 10.0 Å². The fourth-order valence-corrected chi connectivity index (χ4v) is 5.55. The molecule has 1 aromatic carbocycles. The van der Waals surface area contributed by atoms with Gasteiger partial charge in [0, 0.05) is 33.1 Å². The van der Waals surface area contributed by atoms with Gasteiger partial charge < -0.3 is 4.98 Å². The van der Waals surface area contributed by atoms with Gasteiger partial charge in [-0.05, 0) is 36.5 Å². The van der Waals surface area contributed by atoms with Crippen LogP contribution in [0.25, 0.3) is 11.2 Å². The van der Waals surface area contributed by atoms with E-state index in [-0.39, 0.29) is 5.92 Å². The van der Waals surface area contributed by atoms with Gasteiger partial charge in [0.15, 0.2) is 5.65 Å². The zero-order valence-corrected chi connectivity index (χ0v) is 18.9. The largest absolute Gasteiger partial charge is 0.336 e. The molecule has 3 heterocycles. The van der Waals surface area contributed by atoms with Crippen LogP contribution in [0.15, 0.2) is 38.8 Å². The smallest absolute Gasteiger partial charge is 0.332 e. The van der Waals surface area contributed by atoms with Gasteiger partial charge in [0.05, 0.1) is 4.90 Å². The molecule has 1 aliphatic rings. The zero-order chi connectivity index (χ0) is 22.5. The Morgan fingerprint density at radius 1 is 1.03 bits per heavy atom. The minimum Gasteiger partial charge on any atom is -0.336 e. The van der Waals surface area contributed by atoms with E-state index >= 15 is 0 Å². The van der Waals surface area contributed by atoms with Crippen molar-refractivity contribution in [1.29, 1.82) is 0 Å². The summed E-state index contributed by atoms with van der Waals surface area (Å²) in [4.78, 5) is 32.4. The van der Waals surface area contributed by atoms with Crippen molar-refractivity contribution in [2.24, 2.45) is 14.1 Å². The van der Waals surface area contributed by atoms with Crippen LogP contribution >= 0.6 is 0 Å². The van der Waals surface area contributed by atoms with Crippen molar-refractivity contribution in [2.75, 3.05) is 13.1 Å². The Bertz CT molecular complexity index is 1340. The third-order valence-corrected chi connectivity index (χ3v) is 8.05. The van der Waals surface area contributed by atoms with Crippen LogP contribution in [0.3, 0.4) is 0 Å². The van der Waals surface area contributed by atoms with E-state index in [9.17, 15) is 18.0 Å². The Balaban J connectivity index is 1.55. The number of piperidine rings is 1. The van der Waals surface area contributed by atoms with Crippen molar-refractivity contribution in [2.45, 2.75) is 43.4 Å². The zero-order valence-electron chi connectivity index (χ0n) is 18.1. The first kappa shape index (κ1) is 21.5. The first-order chi connectivity index (χ1) is 14.6. The highest BCUT2D eigenvalue weighted by atomic mass is 32.2. The molecule has 2 aromatic heterocycles. The summed E-state index contributed by atoms with van der Waals surface area (Å²) in [5.74, 6) is 0.946. The van der Waals surface area contributed by atoms with Crippen LogP contribution in [0.2, 0.25) is 0 Å². The molecule has 0 radical (unpaired) electrons. The number of imidazole rings is 1. The fourth-order valence-electron chi connectivity index (χ4n) is 4.08. The van der Waals surface area contributed by atoms with Crippen LogP contribution < -0.4 is 11.2 Å². The quantitative estimate of drug-likeness (QED) is 0.657. The van der Waals surface area contributed by atoms with E-state index in [2.05, 4.69) is 23.8 Å². The number of rotatable bonds is 4. The molecule has 0 unspecified atom stereocenters. The number of fused-ring (bicyclic) bond motifs is 1. The van der Waals surface area contributed by atoms with Crippen LogP contribution in [0, 0.1) is 0 Å². The fraction of sp³-hybridized carbons (Fsp3) is 0.476. The first-order valence-electron chi connectivity index (χ1n) is 10.4. The number of aryl methyl sites for hydroxylation is 1. The molecule has 4 rings (SSSR count). The van der Waals surface area contributed by atoms with Gasteiger partial charge in [-0.25, -0.2) is 18.2 Å². The highest BCUT2D eigenvalue weighted by Gasteiger charge is 2.31. The van der Waals surface area contributed by atoms with Gasteiger partial charge in [0.1, 0.15) is 11.3 Å². The van der Waals surface area contributed by atoms with Crippen LogP contribution in [0.5, 0.6) is 0 Å². The van der Waals surface area contributed by atoms with Crippen molar-refractivity contribution in [1.82, 2.24) is 23.4 Å². The molecule has 1 saturated heterocycles. The molecule has 1 fully saturated rings. The summed E-state index contributed by atoms with van der Waals surface area (Å²) < 4.78 is 30.0. The number of aromatic amines is 1. The van der Waals surface area contributed by atoms with Gasteiger partial charge in [-0.3, -0.25) is 13.9 Å². The van der Waals surface area contributed by atoms with E-state index in [0.717, 1.165) is 10.1 Å². The van der Waals surface area contributed by atoms with Gasteiger partial charge in [-0.1, -0.05) is 26.0 Å². The molecule has 0 spiro atoms. The van der Waals surface area contributed by atoms with Crippen molar-refractivity contribution in [3.63, 3.8) is 0 Å². The highest BCUT2D eigenvalue weighted by molar-refractivity contribution is 7.89. The Kier molecular flexibility index (Phi) is 5.38. The summed E-state index contributed by atoms with van der Waals surface area (Å²) in [6.45, 7) is 4.87. The van der Waals surface area contributed by atoms with Gasteiger partial charge in [0.25, 0.3) is 5.56 Å². The number of hydrogen-bond acceptors (Lipinski definition) is 5. The van der Waals surface area contributed by atoms with Crippen LogP contribution in [0.4, 0.5) is 0 Å². The maximum Gasteiger partial charge on any atom is 0.332 e. The molecular weight excluding hydrogens is 418 g/mol. The number of hydrogen-bond donors (Lipinski definition) is 1. The molecule has 9 nitrogen and oxygen atoms in total. The SMILES string of the molecule is CC(C)c1ccc(S(=O)(=O)N2CCC(c3nc4c([nH]3)c(=O)n(C)c(=O)n4C)CC2)cc1. The summed E-state index contributed by atoms with van der Waals surface area (Å²) in [6.07, 6.45) is 1.16. The standard InChI is InChI=1S/C21H27N5O4S/c1-13(2)14-5-7-16(8-6-14)31(29,30)26-11-9-15(10-12-26)18-22-17-19(23-18)24(3)21(28)25(4)20(17)27/h5-8,13,15H,9-12H2,1-4H3,(H,22,23). The minimum absolute atomic E-state index is 0.0121. The summed E-state index contributed by atoms with van der Waals surface area (Å²) in [6, 6.07) is 7.07. The lowest BCUT2D eigenvalue weighted by Crippen LogP contribution is -2.38. The van der Waals surface area contributed by atoms with Crippen molar-refractivity contribution >= 4 is 21.2 Å². The maximum atomic E-state index is 13.0. The lowest BCUT2D eigenvalue weighted by Gasteiger charge is -2.30. The summed E-state index contributed by atoms with van der Waals surface area (Å²) in [5, 5.41) is 0. The predicted octanol–water partition coefficient (Wildman–Crippen LogP) is 1.65. The highest BCUT2D eigenvalue weighted by Crippen LogP contribution is 2.30. The Morgan fingerprint density at radius 3 is 2.23 bits per heavy atom. The maximum absolute atomic E-state index is 13.0. The number of benzene rings is 1. The number of nitrogens with one attached hydrogen (secondary N) is 1. The molecule has 0 atom stereocenters. The van der Waals surface area contributed by atoms with Crippen molar-refractivity contribution < 1.29 is 8.42 Å². The van der Waals surface area contributed by atoms with E-state index in [0.29, 0.717) is 53.7 Å². The number of H-pyrrole nitrogens is 1. The third-order valence-electron chi connectivity index (χ3n) is 6.14. The van der Waals surface area contributed by atoms with E-state index in [4.69, 9.17) is 0 Å². The van der Waals surface area contributed by atoms with E-state index in [1.54, 1.807) is 19.2 Å². The van der Waals surface area contributed by atoms with Gasteiger partial charge in [-0.2, -0.15) is 4.31 Å². The molecule has 0 saturated carbocycles. The second kappa shape index (κ2) is 7.76. The van der Waals surface area contributed by atoms with Gasteiger partial charge >= 0.3 is 5.69 Å². The molecule has 1 aliphatic heterocycles. The molecule has 0 bridgehead atoms. The molecule has 1 N–H and O–H groups in total. The average molecular weight is 446 g/mol. The Labute approximate surface area is 180 Å². The average Bonchev–Trinajstić information content (AvgIpc) is 3.22. The Hall–Kier alpha value is -2.72. The van der Waals surface area contributed by atoms with Crippen molar-refractivity contribution in [3.8, 4) is 0 Å². The number of sulfonamides is 1. The number of nitrogens with zero attached hydrogens (tertiary/aromatic N) is 4. The first-order valence-corrected chi connectivity index (χ1v) is 11.8. The van der Waals surface area contributed by atoms with Crippen LogP contribution in [0.1, 0.15) is 49.9 Å². The second-order valence-electron chi connectivity index (χ2n) is 8.43. The molecule has 3 aromatic rings. The molecule has 0 amide bonds. The lowest BCUT2D eigenvalue weighted by atomic mass is 9.97. The van der Waals surface area contributed by atoms with E-state index < -0.39 is 21.3 Å². The van der Waals surface area contributed by atoms with E-state index in [1.165, 1.54) is 15.9 Å². The molecule has 166 valence electrons. The van der Waals surface area contributed by atoms with Gasteiger partial charge in [-0.15, -0.1) is 0 Å². The molecular formula is C21H27N5O4S. The molecule has 0 aliphatic carbocycles. The minimum atomic E-state index is -3.56. The Morgan fingerprint density at radius 2 is 1.65 bits per heavy atom. The summed E-state index contributed by atoms with van der Waals surface area (Å²) in [7, 11) is -0.545. The normalized spacial score (nSPS) is 16.4. The van der Waals surface area contributed by atoms with E-state index in [1.807, 2.05) is 12.1 Å². The summed E-state index contributed by atoms with van der Waals surface area (Å²) >= 11 is 0. The molecule has 31 heavy (non-hydrogen) atoms.